The van der Waals surface area contributed by atoms with Gasteiger partial charge in [0.1, 0.15) is 17.3 Å². The van der Waals surface area contributed by atoms with Crippen LogP contribution in [0.25, 0.3) is 0 Å². The lowest BCUT2D eigenvalue weighted by Crippen LogP contribution is -2.02. The van der Waals surface area contributed by atoms with Gasteiger partial charge in [-0.05, 0) is 49.2 Å². The summed E-state index contributed by atoms with van der Waals surface area (Å²) in [4.78, 5) is 0. The summed E-state index contributed by atoms with van der Waals surface area (Å²) < 4.78 is 19.3. The topological polar surface area (TPSA) is 35.2 Å². The predicted octanol–water partition coefficient (Wildman–Crippen LogP) is 4.35. The van der Waals surface area contributed by atoms with Gasteiger partial charge in [0.2, 0.25) is 0 Å². The smallest absolute Gasteiger partial charge is 0.134 e. The van der Waals surface area contributed by atoms with Crippen molar-refractivity contribution in [2.45, 2.75) is 20.4 Å². The molecule has 2 N–H and O–H groups in total. The van der Waals surface area contributed by atoms with Gasteiger partial charge in [0.15, 0.2) is 0 Å². The summed E-state index contributed by atoms with van der Waals surface area (Å²) in [5.74, 6) is 0.700. The van der Waals surface area contributed by atoms with E-state index in [1.54, 1.807) is 12.1 Å². The number of rotatable bonds is 3. The second kappa shape index (κ2) is 5.59. The summed E-state index contributed by atoms with van der Waals surface area (Å²) in [5.41, 5.74) is 7.75. The van der Waals surface area contributed by atoms with Crippen LogP contribution >= 0.6 is 11.6 Å². The van der Waals surface area contributed by atoms with Crippen LogP contribution in [-0.4, -0.2) is 0 Å². The highest BCUT2D eigenvalue weighted by Gasteiger charge is 2.10. The van der Waals surface area contributed by atoms with E-state index in [1.807, 2.05) is 26.0 Å². The molecule has 2 nitrogen and oxygen atoms in total. The summed E-state index contributed by atoms with van der Waals surface area (Å²) in [5, 5.41) is 0.714. The van der Waals surface area contributed by atoms with E-state index in [-0.39, 0.29) is 12.4 Å². The number of hydrogen-bond donors (Lipinski definition) is 1. The van der Waals surface area contributed by atoms with Gasteiger partial charge in [0, 0.05) is 17.1 Å². The van der Waals surface area contributed by atoms with Crippen molar-refractivity contribution in [3.8, 4) is 11.5 Å². The molecule has 2 aromatic rings. The van der Waals surface area contributed by atoms with Crippen LogP contribution < -0.4 is 10.5 Å². The standard InChI is InChI=1S/C15H15ClFNO/c1-9-6-11(7-10(2)15(9)16)19-14-5-3-4-13(17)12(14)8-18/h3-7H,8,18H2,1-2H3. The van der Waals surface area contributed by atoms with Crippen LogP contribution in [0.1, 0.15) is 16.7 Å². The van der Waals surface area contributed by atoms with Gasteiger partial charge < -0.3 is 10.5 Å². The predicted molar refractivity (Wildman–Crippen MR) is 75.3 cm³/mol. The highest BCUT2D eigenvalue weighted by atomic mass is 35.5. The molecule has 0 aliphatic carbocycles. The average molecular weight is 280 g/mol. The van der Waals surface area contributed by atoms with Crippen molar-refractivity contribution >= 4 is 11.6 Å². The third-order valence-electron chi connectivity index (χ3n) is 2.92. The first-order chi connectivity index (χ1) is 9.02. The minimum Gasteiger partial charge on any atom is -0.457 e. The van der Waals surface area contributed by atoms with E-state index in [1.165, 1.54) is 6.07 Å². The molecule has 0 spiro atoms. The fourth-order valence-electron chi connectivity index (χ4n) is 1.92. The number of ether oxygens (including phenoxy) is 1. The first-order valence-corrected chi connectivity index (χ1v) is 6.32. The van der Waals surface area contributed by atoms with Gasteiger partial charge in [0.05, 0.1) is 0 Å². The molecule has 100 valence electrons. The first kappa shape index (κ1) is 13.8. The maximum absolute atomic E-state index is 13.6. The monoisotopic (exact) mass is 279 g/mol. The number of nitrogens with two attached hydrogens (primary N) is 1. The van der Waals surface area contributed by atoms with Gasteiger partial charge in [-0.15, -0.1) is 0 Å². The Bertz CT molecular complexity index is 590. The van der Waals surface area contributed by atoms with Crippen LogP contribution in [0.15, 0.2) is 30.3 Å². The van der Waals surface area contributed by atoms with Gasteiger partial charge >= 0.3 is 0 Å². The number of halogens is 2. The Morgan fingerprint density at radius 3 is 2.42 bits per heavy atom. The lowest BCUT2D eigenvalue weighted by Gasteiger charge is -2.12. The molecule has 4 heteroatoms. The molecule has 0 fully saturated rings. The SMILES string of the molecule is Cc1cc(Oc2cccc(F)c2CN)cc(C)c1Cl. The van der Waals surface area contributed by atoms with E-state index in [4.69, 9.17) is 22.1 Å². The third kappa shape index (κ3) is 2.88. The first-order valence-electron chi connectivity index (χ1n) is 5.95. The van der Waals surface area contributed by atoms with Crippen molar-refractivity contribution < 1.29 is 9.13 Å². The summed E-state index contributed by atoms with van der Waals surface area (Å²) in [6.45, 7) is 3.89. The zero-order valence-corrected chi connectivity index (χ0v) is 11.6. The minimum absolute atomic E-state index is 0.0908. The molecule has 19 heavy (non-hydrogen) atoms. The molecule has 0 saturated heterocycles. The summed E-state index contributed by atoms with van der Waals surface area (Å²) in [6.07, 6.45) is 0. The fourth-order valence-corrected chi connectivity index (χ4v) is 2.03. The van der Waals surface area contributed by atoms with Crippen molar-refractivity contribution in [2.24, 2.45) is 5.73 Å². The molecule has 2 rings (SSSR count). The van der Waals surface area contributed by atoms with Crippen LogP contribution in [0.3, 0.4) is 0 Å². The van der Waals surface area contributed by atoms with Crippen molar-refractivity contribution in [1.29, 1.82) is 0 Å². The Labute approximate surface area is 117 Å². The molecule has 0 radical (unpaired) electrons. The van der Waals surface area contributed by atoms with Crippen LogP contribution in [-0.2, 0) is 6.54 Å². The maximum Gasteiger partial charge on any atom is 0.134 e. The molecule has 0 aliphatic rings. The van der Waals surface area contributed by atoms with Crippen molar-refractivity contribution in [3.63, 3.8) is 0 Å². The Hall–Kier alpha value is -1.58. The van der Waals surface area contributed by atoms with Crippen LogP contribution in [0.2, 0.25) is 5.02 Å². The molecule has 0 aromatic heterocycles. The molecule has 0 heterocycles. The molecule has 0 aliphatic heterocycles. The zero-order chi connectivity index (χ0) is 14.0. The molecule has 0 saturated carbocycles. The number of hydrogen-bond acceptors (Lipinski definition) is 2. The summed E-state index contributed by atoms with van der Waals surface area (Å²) in [6, 6.07) is 8.30. The minimum atomic E-state index is -0.359. The van der Waals surface area contributed by atoms with Gasteiger partial charge in [-0.25, -0.2) is 4.39 Å². The molecular formula is C15H15ClFNO. The van der Waals surface area contributed by atoms with Gasteiger partial charge in [0.25, 0.3) is 0 Å². The van der Waals surface area contributed by atoms with E-state index < -0.39 is 0 Å². The lowest BCUT2D eigenvalue weighted by molar-refractivity contribution is 0.466. The Kier molecular flexibility index (Phi) is 4.08. The fraction of sp³-hybridized carbons (Fsp3) is 0.200. The number of aryl methyl sites for hydroxylation is 2. The van der Waals surface area contributed by atoms with Crippen LogP contribution in [0, 0.1) is 19.7 Å². The van der Waals surface area contributed by atoms with E-state index >= 15 is 0 Å². The summed E-state index contributed by atoms with van der Waals surface area (Å²) >= 11 is 6.10. The lowest BCUT2D eigenvalue weighted by atomic mass is 10.1. The van der Waals surface area contributed by atoms with Crippen LogP contribution in [0.4, 0.5) is 4.39 Å². The van der Waals surface area contributed by atoms with E-state index in [9.17, 15) is 4.39 Å². The quantitative estimate of drug-likeness (QED) is 0.907. The molecule has 2 aromatic carbocycles. The second-order valence-corrected chi connectivity index (χ2v) is 4.77. The molecule has 0 bridgehead atoms. The van der Waals surface area contributed by atoms with Crippen molar-refractivity contribution in [3.05, 3.63) is 57.9 Å². The van der Waals surface area contributed by atoms with E-state index in [0.717, 1.165) is 11.1 Å². The second-order valence-electron chi connectivity index (χ2n) is 4.39. The van der Waals surface area contributed by atoms with Crippen molar-refractivity contribution in [1.82, 2.24) is 0 Å². The summed E-state index contributed by atoms with van der Waals surface area (Å²) in [7, 11) is 0. The normalized spacial score (nSPS) is 10.6. The highest BCUT2D eigenvalue weighted by molar-refractivity contribution is 6.32. The molecular weight excluding hydrogens is 265 g/mol. The van der Waals surface area contributed by atoms with E-state index in [0.29, 0.717) is 22.1 Å². The molecule has 0 amide bonds. The van der Waals surface area contributed by atoms with Crippen molar-refractivity contribution in [2.75, 3.05) is 0 Å². The van der Waals surface area contributed by atoms with Crippen LogP contribution in [0.5, 0.6) is 11.5 Å². The molecule has 0 atom stereocenters. The Balaban J connectivity index is 2.39. The Morgan fingerprint density at radius 2 is 1.84 bits per heavy atom. The van der Waals surface area contributed by atoms with Gasteiger partial charge in [-0.1, -0.05) is 17.7 Å². The Morgan fingerprint density at radius 1 is 1.21 bits per heavy atom. The largest absolute Gasteiger partial charge is 0.457 e. The average Bonchev–Trinajstić information content (AvgIpc) is 2.36. The van der Waals surface area contributed by atoms with E-state index in [2.05, 4.69) is 0 Å². The third-order valence-corrected chi connectivity index (χ3v) is 3.51. The highest BCUT2D eigenvalue weighted by Crippen LogP contribution is 2.31. The zero-order valence-electron chi connectivity index (χ0n) is 10.8. The number of benzene rings is 2. The molecule has 0 unspecified atom stereocenters. The van der Waals surface area contributed by atoms with Gasteiger partial charge in [-0.3, -0.25) is 0 Å². The van der Waals surface area contributed by atoms with Gasteiger partial charge in [-0.2, -0.15) is 0 Å². The maximum atomic E-state index is 13.6.